The summed E-state index contributed by atoms with van der Waals surface area (Å²) in [4.78, 5) is 15.6. The first-order chi connectivity index (χ1) is 9.43. The molecule has 0 saturated carbocycles. The van der Waals surface area contributed by atoms with Crippen molar-refractivity contribution in [1.82, 2.24) is 5.32 Å². The average molecular weight is 298 g/mol. The average Bonchev–Trinajstić information content (AvgIpc) is 2.40. The van der Waals surface area contributed by atoms with Crippen LogP contribution >= 0.6 is 11.8 Å². The molecule has 1 aliphatic rings. The minimum atomic E-state index is -1.14. The number of nitrogens with one attached hydrogen (secondary N) is 1. The van der Waals surface area contributed by atoms with Crippen LogP contribution in [0.5, 0.6) is 0 Å². The monoisotopic (exact) mass is 298 g/mol. The number of aliphatic imine (C=N–C) groups is 1. The van der Waals surface area contributed by atoms with E-state index in [2.05, 4.69) is 10.3 Å². The summed E-state index contributed by atoms with van der Waals surface area (Å²) in [5.41, 5.74) is 0.758. The molecule has 1 aromatic rings. The predicted molar refractivity (Wildman–Crippen MR) is 73.5 cm³/mol. The van der Waals surface area contributed by atoms with E-state index in [1.807, 2.05) is 0 Å². The lowest BCUT2D eigenvalue weighted by Gasteiger charge is -2.24. The zero-order valence-corrected chi connectivity index (χ0v) is 11.6. The van der Waals surface area contributed by atoms with Crippen molar-refractivity contribution in [2.75, 3.05) is 6.26 Å². The number of allylic oxidation sites excluding steroid dienone is 1. The molecule has 0 saturated heterocycles. The maximum atomic E-state index is 13.3. The van der Waals surface area contributed by atoms with Crippen molar-refractivity contribution in [1.29, 1.82) is 0 Å². The highest BCUT2D eigenvalue weighted by Crippen LogP contribution is 2.32. The number of rotatable bonds is 2. The van der Waals surface area contributed by atoms with Gasteiger partial charge in [-0.05, 0) is 30.9 Å². The molecule has 7 heteroatoms. The van der Waals surface area contributed by atoms with E-state index >= 15 is 0 Å². The summed E-state index contributed by atoms with van der Waals surface area (Å²) in [6.45, 7) is 1.61. The van der Waals surface area contributed by atoms with Gasteiger partial charge in [0.25, 0.3) is 0 Å². The van der Waals surface area contributed by atoms with Crippen LogP contribution in [0.4, 0.5) is 8.78 Å². The van der Waals surface area contributed by atoms with Crippen LogP contribution in [0.3, 0.4) is 0 Å². The van der Waals surface area contributed by atoms with Gasteiger partial charge in [-0.1, -0.05) is 17.8 Å². The first-order valence-electron chi connectivity index (χ1n) is 5.72. The number of carboxylic acid groups (broad SMARTS) is 1. The van der Waals surface area contributed by atoms with Gasteiger partial charge >= 0.3 is 5.97 Å². The molecular formula is C13H12F2N2O2S. The first kappa shape index (κ1) is 14.5. The number of carbonyl (C=O) groups is 1. The fourth-order valence-electron chi connectivity index (χ4n) is 1.95. The Labute approximate surface area is 118 Å². The van der Waals surface area contributed by atoms with Crippen molar-refractivity contribution in [3.8, 4) is 0 Å². The molecule has 1 aliphatic heterocycles. The van der Waals surface area contributed by atoms with Crippen molar-refractivity contribution >= 4 is 22.9 Å². The maximum Gasteiger partial charge on any atom is 0.335 e. The maximum absolute atomic E-state index is 13.3. The van der Waals surface area contributed by atoms with Gasteiger partial charge in [-0.2, -0.15) is 0 Å². The van der Waals surface area contributed by atoms with E-state index in [4.69, 9.17) is 0 Å². The van der Waals surface area contributed by atoms with Gasteiger partial charge < -0.3 is 10.4 Å². The van der Waals surface area contributed by atoms with E-state index in [0.717, 1.165) is 12.1 Å². The summed E-state index contributed by atoms with van der Waals surface area (Å²) in [7, 11) is 0. The quantitative estimate of drug-likeness (QED) is 0.881. The van der Waals surface area contributed by atoms with Gasteiger partial charge in [0, 0.05) is 5.70 Å². The van der Waals surface area contributed by atoms with Crippen LogP contribution in [-0.2, 0) is 4.79 Å². The van der Waals surface area contributed by atoms with Crippen molar-refractivity contribution in [2.24, 2.45) is 4.99 Å². The first-order valence-corrected chi connectivity index (χ1v) is 6.94. The highest BCUT2D eigenvalue weighted by atomic mass is 32.2. The van der Waals surface area contributed by atoms with Gasteiger partial charge in [0.15, 0.2) is 16.8 Å². The Balaban J connectivity index is 2.53. The number of hydrogen-bond donors (Lipinski definition) is 2. The Morgan fingerprint density at radius 1 is 1.40 bits per heavy atom. The van der Waals surface area contributed by atoms with Gasteiger partial charge in [0.1, 0.15) is 6.04 Å². The van der Waals surface area contributed by atoms with Crippen LogP contribution in [-0.4, -0.2) is 22.5 Å². The Kier molecular flexibility index (Phi) is 4.08. The lowest BCUT2D eigenvalue weighted by Crippen LogP contribution is -2.29. The van der Waals surface area contributed by atoms with Crippen LogP contribution in [0.15, 0.2) is 34.5 Å². The molecule has 0 radical (unpaired) electrons. The van der Waals surface area contributed by atoms with E-state index in [1.165, 1.54) is 17.8 Å². The fraction of sp³-hybridized carbons (Fsp3) is 0.231. The summed E-state index contributed by atoms with van der Waals surface area (Å²) < 4.78 is 26.3. The number of thioether (sulfide) groups is 1. The summed E-state index contributed by atoms with van der Waals surface area (Å²) >= 11 is 1.31. The Bertz CT molecular complexity index is 629. The fourth-order valence-corrected chi connectivity index (χ4v) is 2.42. The van der Waals surface area contributed by atoms with Crippen molar-refractivity contribution < 1.29 is 18.7 Å². The number of halogens is 2. The van der Waals surface area contributed by atoms with Crippen molar-refractivity contribution in [3.05, 3.63) is 46.7 Å². The molecule has 106 valence electrons. The highest BCUT2D eigenvalue weighted by molar-refractivity contribution is 8.13. The standard InChI is InChI=1S/C13H12F2N2O2S/c1-6-10(12(18)19)11(17-13(16-6)20-2)7-3-4-8(14)9(15)5-7/h3-5,11H,1-2H3,(H,16,17)(H,18,19). The van der Waals surface area contributed by atoms with Gasteiger partial charge in [0.05, 0.1) is 5.57 Å². The summed E-state index contributed by atoms with van der Waals surface area (Å²) in [6.07, 6.45) is 1.78. The van der Waals surface area contributed by atoms with E-state index in [9.17, 15) is 18.7 Å². The van der Waals surface area contributed by atoms with E-state index < -0.39 is 23.6 Å². The molecule has 1 unspecified atom stereocenters. The lowest BCUT2D eigenvalue weighted by atomic mass is 9.96. The molecule has 1 aromatic carbocycles. The number of benzene rings is 1. The molecule has 4 nitrogen and oxygen atoms in total. The molecule has 2 N–H and O–H groups in total. The third-order valence-electron chi connectivity index (χ3n) is 2.90. The summed E-state index contributed by atoms with van der Waals surface area (Å²) in [5.74, 6) is -3.15. The lowest BCUT2D eigenvalue weighted by molar-refractivity contribution is -0.133. The minimum Gasteiger partial charge on any atom is -0.478 e. The molecule has 0 aliphatic carbocycles. The Morgan fingerprint density at radius 2 is 2.10 bits per heavy atom. The summed E-state index contributed by atoms with van der Waals surface area (Å²) in [5, 5.41) is 12.7. The van der Waals surface area contributed by atoms with E-state index in [0.29, 0.717) is 16.4 Å². The second-order valence-corrected chi connectivity index (χ2v) is 4.98. The van der Waals surface area contributed by atoms with Crippen LogP contribution in [0, 0.1) is 11.6 Å². The predicted octanol–water partition coefficient (Wildman–Crippen LogP) is 2.69. The highest BCUT2D eigenvalue weighted by Gasteiger charge is 2.29. The molecule has 0 bridgehead atoms. The molecule has 0 amide bonds. The Hall–Kier alpha value is -1.89. The van der Waals surface area contributed by atoms with Crippen molar-refractivity contribution in [3.63, 3.8) is 0 Å². The zero-order valence-electron chi connectivity index (χ0n) is 10.8. The van der Waals surface area contributed by atoms with Gasteiger partial charge in [-0.3, -0.25) is 0 Å². The molecule has 1 heterocycles. The molecule has 1 atom stereocenters. The second kappa shape index (κ2) is 5.62. The van der Waals surface area contributed by atoms with Gasteiger partial charge in [-0.15, -0.1) is 0 Å². The van der Waals surface area contributed by atoms with Gasteiger partial charge in [0.2, 0.25) is 0 Å². The molecule has 0 spiro atoms. The number of amidine groups is 1. The minimum absolute atomic E-state index is 0.0220. The topological polar surface area (TPSA) is 61.7 Å². The van der Waals surface area contributed by atoms with E-state index in [-0.39, 0.29) is 5.57 Å². The second-order valence-electron chi connectivity index (χ2n) is 4.18. The van der Waals surface area contributed by atoms with Crippen molar-refractivity contribution in [2.45, 2.75) is 13.0 Å². The van der Waals surface area contributed by atoms with Crippen LogP contribution < -0.4 is 5.32 Å². The van der Waals surface area contributed by atoms with Crippen LogP contribution in [0.2, 0.25) is 0 Å². The van der Waals surface area contributed by atoms with Gasteiger partial charge in [-0.25, -0.2) is 18.6 Å². The molecule has 20 heavy (non-hydrogen) atoms. The number of carboxylic acids is 1. The van der Waals surface area contributed by atoms with Crippen LogP contribution in [0.25, 0.3) is 0 Å². The largest absolute Gasteiger partial charge is 0.478 e. The Morgan fingerprint density at radius 3 is 2.65 bits per heavy atom. The number of nitrogens with zero attached hydrogens (tertiary/aromatic N) is 1. The molecular weight excluding hydrogens is 286 g/mol. The smallest absolute Gasteiger partial charge is 0.335 e. The molecule has 2 rings (SSSR count). The summed E-state index contributed by atoms with van der Waals surface area (Å²) in [6, 6.07) is 2.43. The zero-order chi connectivity index (χ0) is 14.9. The molecule has 0 fully saturated rings. The SMILES string of the molecule is CSC1=NC(c2ccc(F)c(F)c2)C(C(=O)O)=C(C)N1. The third-order valence-corrected chi connectivity index (χ3v) is 3.50. The van der Waals surface area contributed by atoms with E-state index in [1.54, 1.807) is 13.2 Å². The third kappa shape index (κ3) is 2.67. The number of hydrogen-bond acceptors (Lipinski definition) is 4. The van der Waals surface area contributed by atoms with Crippen LogP contribution in [0.1, 0.15) is 18.5 Å². The molecule has 0 aromatic heterocycles. The normalized spacial score (nSPS) is 18.6. The number of aliphatic carboxylic acids is 1.